The van der Waals surface area contributed by atoms with Gasteiger partial charge in [0, 0.05) is 23.8 Å². The van der Waals surface area contributed by atoms with Crippen molar-refractivity contribution in [3.05, 3.63) is 93.5 Å². The van der Waals surface area contributed by atoms with Crippen molar-refractivity contribution in [3.8, 4) is 5.75 Å². The molecule has 0 aliphatic carbocycles. The number of benzene rings is 2. The summed E-state index contributed by atoms with van der Waals surface area (Å²) in [6.07, 6.45) is 5.72. The molecule has 0 saturated heterocycles. The van der Waals surface area contributed by atoms with Crippen LogP contribution in [0.5, 0.6) is 5.75 Å². The van der Waals surface area contributed by atoms with Crippen molar-refractivity contribution in [1.29, 1.82) is 0 Å². The van der Waals surface area contributed by atoms with E-state index in [1.54, 1.807) is 19.6 Å². The number of ether oxygens (including phenoxy) is 1. The monoisotopic (exact) mass is 405 g/mol. The molecule has 0 aliphatic heterocycles. The maximum Gasteiger partial charge on any atom is 0.291 e. The lowest BCUT2D eigenvalue weighted by Gasteiger charge is -2.29. The van der Waals surface area contributed by atoms with Crippen molar-refractivity contribution in [1.82, 2.24) is 9.55 Å². The van der Waals surface area contributed by atoms with Crippen LogP contribution in [0.4, 0.5) is 0 Å². The smallest absolute Gasteiger partial charge is 0.291 e. The minimum absolute atomic E-state index is 0.405. The molecule has 0 fully saturated rings. The SMILES string of the molecule is COc1ccc(C(O)(Cc2ccc(Cl)cc2)Cn2ccnc2)cc1.O=[N+]([O-])O. The van der Waals surface area contributed by atoms with Crippen LogP contribution in [0.2, 0.25) is 5.02 Å². The fourth-order valence-corrected chi connectivity index (χ4v) is 2.90. The Bertz CT molecular complexity index is 866. The first kappa shape index (κ1) is 21.2. The van der Waals surface area contributed by atoms with Gasteiger partial charge >= 0.3 is 0 Å². The molecule has 9 heteroatoms. The molecule has 8 nitrogen and oxygen atoms in total. The van der Waals surface area contributed by atoms with E-state index in [9.17, 15) is 5.11 Å². The minimum Gasteiger partial charge on any atom is -0.497 e. The second-order valence-electron chi connectivity index (χ2n) is 6.04. The zero-order chi connectivity index (χ0) is 20.6. The Morgan fingerprint density at radius 1 is 1.21 bits per heavy atom. The first-order valence-electron chi connectivity index (χ1n) is 8.23. The predicted molar refractivity (Wildman–Crippen MR) is 103 cm³/mol. The van der Waals surface area contributed by atoms with Gasteiger partial charge in [-0.25, -0.2) is 4.98 Å². The third kappa shape index (κ3) is 6.26. The maximum atomic E-state index is 11.4. The normalized spacial score (nSPS) is 12.4. The maximum absolute atomic E-state index is 11.4. The van der Waals surface area contributed by atoms with Gasteiger partial charge in [-0.3, -0.25) is 0 Å². The van der Waals surface area contributed by atoms with Gasteiger partial charge in [0.2, 0.25) is 0 Å². The molecule has 0 saturated carbocycles. The van der Waals surface area contributed by atoms with Crippen LogP contribution < -0.4 is 4.74 Å². The summed E-state index contributed by atoms with van der Waals surface area (Å²) >= 11 is 5.96. The Morgan fingerprint density at radius 2 is 1.82 bits per heavy atom. The number of nitrogens with zero attached hydrogens (tertiary/aromatic N) is 3. The first-order chi connectivity index (χ1) is 13.3. The van der Waals surface area contributed by atoms with Crippen LogP contribution >= 0.6 is 11.6 Å². The van der Waals surface area contributed by atoms with E-state index in [2.05, 4.69) is 4.98 Å². The highest BCUT2D eigenvalue weighted by atomic mass is 35.5. The molecule has 3 rings (SSSR count). The Labute approximate surface area is 166 Å². The van der Waals surface area contributed by atoms with Crippen molar-refractivity contribution in [2.45, 2.75) is 18.6 Å². The number of hydrogen-bond acceptors (Lipinski definition) is 5. The lowest BCUT2D eigenvalue weighted by Crippen LogP contribution is -2.33. The summed E-state index contributed by atoms with van der Waals surface area (Å²) in [6.45, 7) is 0.405. The summed E-state index contributed by atoms with van der Waals surface area (Å²) in [4.78, 5) is 12.4. The fourth-order valence-electron chi connectivity index (χ4n) is 2.77. The predicted octanol–water partition coefficient (Wildman–Crippen LogP) is 3.33. The lowest BCUT2D eigenvalue weighted by atomic mass is 9.87. The highest BCUT2D eigenvalue weighted by Gasteiger charge is 2.30. The molecule has 28 heavy (non-hydrogen) atoms. The number of aliphatic hydroxyl groups is 1. The van der Waals surface area contributed by atoms with Gasteiger partial charge in [0.15, 0.2) is 0 Å². The van der Waals surface area contributed by atoms with Crippen molar-refractivity contribution < 1.29 is 20.1 Å². The molecular formula is C19H20ClN3O5. The van der Waals surface area contributed by atoms with Gasteiger partial charge in [-0.15, -0.1) is 10.1 Å². The molecule has 0 bridgehead atoms. The van der Waals surface area contributed by atoms with Crippen molar-refractivity contribution >= 4 is 11.6 Å². The molecule has 0 aliphatic rings. The third-order valence-corrected chi connectivity index (χ3v) is 4.29. The first-order valence-corrected chi connectivity index (χ1v) is 8.60. The van der Waals surface area contributed by atoms with Crippen LogP contribution in [0.15, 0.2) is 67.3 Å². The van der Waals surface area contributed by atoms with Gasteiger partial charge < -0.3 is 19.6 Å². The molecule has 2 N–H and O–H groups in total. The summed E-state index contributed by atoms with van der Waals surface area (Å²) in [7, 11) is 1.63. The highest BCUT2D eigenvalue weighted by Crippen LogP contribution is 2.30. The molecule has 0 spiro atoms. The zero-order valence-corrected chi connectivity index (χ0v) is 15.9. The van der Waals surface area contributed by atoms with E-state index < -0.39 is 10.7 Å². The van der Waals surface area contributed by atoms with Gasteiger partial charge in [0.05, 0.1) is 20.0 Å². The number of hydrogen-bond donors (Lipinski definition) is 2. The largest absolute Gasteiger partial charge is 0.497 e. The van der Waals surface area contributed by atoms with Gasteiger partial charge in [-0.05, 0) is 35.4 Å². The average Bonchev–Trinajstić information content (AvgIpc) is 3.16. The molecular weight excluding hydrogens is 386 g/mol. The fraction of sp³-hybridized carbons (Fsp3) is 0.211. The van der Waals surface area contributed by atoms with Crippen molar-refractivity contribution in [3.63, 3.8) is 0 Å². The zero-order valence-electron chi connectivity index (χ0n) is 15.1. The Kier molecular flexibility index (Phi) is 7.36. The molecule has 1 atom stereocenters. The number of halogens is 1. The van der Waals surface area contributed by atoms with Crippen molar-refractivity contribution in [2.75, 3.05) is 7.11 Å². The van der Waals surface area contributed by atoms with E-state index in [4.69, 9.17) is 31.7 Å². The highest BCUT2D eigenvalue weighted by molar-refractivity contribution is 6.30. The molecule has 1 unspecified atom stereocenters. The number of aromatic nitrogens is 2. The van der Waals surface area contributed by atoms with Crippen LogP contribution in [-0.2, 0) is 18.6 Å². The van der Waals surface area contributed by atoms with E-state index in [1.165, 1.54) is 0 Å². The van der Waals surface area contributed by atoms with Crippen LogP contribution in [0, 0.1) is 10.1 Å². The van der Waals surface area contributed by atoms with Crippen LogP contribution in [0.3, 0.4) is 0 Å². The van der Waals surface area contributed by atoms with E-state index in [0.717, 1.165) is 16.9 Å². The summed E-state index contributed by atoms with van der Waals surface area (Å²) < 4.78 is 7.08. The van der Waals surface area contributed by atoms with E-state index in [0.29, 0.717) is 18.0 Å². The third-order valence-electron chi connectivity index (χ3n) is 4.04. The second kappa shape index (κ2) is 9.72. The van der Waals surface area contributed by atoms with Crippen LogP contribution in [0.25, 0.3) is 0 Å². The quantitative estimate of drug-likeness (QED) is 0.480. The van der Waals surface area contributed by atoms with Crippen LogP contribution in [0.1, 0.15) is 11.1 Å². The Balaban J connectivity index is 0.000000640. The molecule has 0 radical (unpaired) electrons. The standard InChI is InChI=1S/C19H19ClN2O2.HNO3/c1-24-18-8-4-16(5-9-18)19(23,13-22-11-10-21-14-22)12-15-2-6-17(20)7-3-15;2-1(3)4/h2-11,14,23H,12-13H2,1H3;(H,2,3,4). The molecule has 2 aromatic carbocycles. The molecule has 1 heterocycles. The van der Waals surface area contributed by atoms with Crippen molar-refractivity contribution in [2.24, 2.45) is 0 Å². The van der Waals surface area contributed by atoms with Gasteiger partial charge in [0.1, 0.15) is 11.4 Å². The Morgan fingerprint density at radius 3 is 2.32 bits per heavy atom. The van der Waals surface area contributed by atoms with Gasteiger partial charge in [-0.2, -0.15) is 0 Å². The lowest BCUT2D eigenvalue weighted by molar-refractivity contribution is -0.742. The van der Waals surface area contributed by atoms with Gasteiger partial charge in [-0.1, -0.05) is 35.9 Å². The second-order valence-corrected chi connectivity index (χ2v) is 6.47. The summed E-state index contributed by atoms with van der Waals surface area (Å²) in [5.74, 6) is 0.759. The molecule has 0 amide bonds. The van der Waals surface area contributed by atoms with E-state index >= 15 is 0 Å². The minimum atomic E-state index is -1.50. The number of rotatable bonds is 6. The van der Waals surface area contributed by atoms with Crippen LogP contribution in [-0.4, -0.2) is 32.1 Å². The summed E-state index contributed by atoms with van der Waals surface area (Å²) in [5.41, 5.74) is 0.769. The molecule has 148 valence electrons. The number of methoxy groups -OCH3 is 1. The summed E-state index contributed by atoms with van der Waals surface area (Å²) in [6, 6.07) is 15.0. The molecule has 1 aromatic heterocycles. The summed E-state index contributed by atoms with van der Waals surface area (Å²) in [5, 5.41) is 25.7. The van der Waals surface area contributed by atoms with Gasteiger partial charge in [0.25, 0.3) is 5.09 Å². The van der Waals surface area contributed by atoms with E-state index in [1.807, 2.05) is 59.3 Å². The number of imidazole rings is 1. The average molecular weight is 406 g/mol. The Hall–Kier alpha value is -3.10. The van der Waals surface area contributed by atoms with E-state index in [-0.39, 0.29) is 0 Å². The molecule has 3 aromatic rings. The topological polar surface area (TPSA) is 111 Å².